The average Bonchev–Trinajstić information content (AvgIpc) is 3.28. The lowest BCUT2D eigenvalue weighted by atomic mass is 10.2. The van der Waals surface area contributed by atoms with Gasteiger partial charge in [-0.1, -0.05) is 15.9 Å². The number of benzene rings is 2. The zero-order valence-electron chi connectivity index (χ0n) is 18.4. The first kappa shape index (κ1) is 23.1. The highest BCUT2D eigenvalue weighted by atomic mass is 79.9. The van der Waals surface area contributed by atoms with Crippen molar-refractivity contribution in [2.24, 2.45) is 4.99 Å². The highest BCUT2D eigenvalue weighted by Gasteiger charge is 2.24. The summed E-state index contributed by atoms with van der Waals surface area (Å²) in [7, 11) is 0. The van der Waals surface area contributed by atoms with Crippen LogP contribution in [-0.2, 0) is 9.53 Å². The summed E-state index contributed by atoms with van der Waals surface area (Å²) in [5.41, 5.74) is 5.19. The number of halogens is 1. The van der Waals surface area contributed by atoms with Crippen LogP contribution in [0.15, 0.2) is 69.0 Å². The molecule has 1 amide bonds. The Morgan fingerprint density at radius 3 is 2.52 bits per heavy atom. The minimum absolute atomic E-state index is 0.167. The molecule has 0 unspecified atom stereocenters. The van der Waals surface area contributed by atoms with Crippen molar-refractivity contribution in [1.29, 1.82) is 0 Å². The van der Waals surface area contributed by atoms with Crippen molar-refractivity contribution in [1.82, 2.24) is 9.88 Å². The molecule has 4 rings (SSSR count). The van der Waals surface area contributed by atoms with Crippen LogP contribution in [0, 0.1) is 13.8 Å². The lowest BCUT2D eigenvalue weighted by molar-refractivity contribution is -0.115. The number of aromatic nitrogens is 1. The summed E-state index contributed by atoms with van der Waals surface area (Å²) in [5, 5.41) is 3.38. The predicted molar refractivity (Wildman–Crippen MR) is 136 cm³/mol. The molecule has 0 saturated carbocycles. The molecule has 1 aliphatic heterocycles. The number of aliphatic imine (C=N–C) groups is 1. The molecule has 2 aromatic carbocycles. The number of rotatable bonds is 5. The van der Waals surface area contributed by atoms with Crippen molar-refractivity contribution in [2.45, 2.75) is 20.8 Å². The number of thioether (sulfide) groups is 1. The second-order valence-corrected chi connectivity index (χ2v) is 9.33. The summed E-state index contributed by atoms with van der Waals surface area (Å²) >= 11 is 4.73. The molecule has 0 spiro atoms. The smallest absolute Gasteiger partial charge is 0.338 e. The summed E-state index contributed by atoms with van der Waals surface area (Å²) < 4.78 is 8.12. The number of hydrogen-bond acceptors (Lipinski definition) is 5. The van der Waals surface area contributed by atoms with E-state index >= 15 is 0 Å². The van der Waals surface area contributed by atoms with Gasteiger partial charge in [-0.15, -0.1) is 0 Å². The normalized spacial score (nSPS) is 15.8. The summed E-state index contributed by atoms with van der Waals surface area (Å²) in [6.45, 7) is 6.15. The van der Waals surface area contributed by atoms with E-state index in [4.69, 9.17) is 4.74 Å². The van der Waals surface area contributed by atoms with Gasteiger partial charge in [-0.2, -0.15) is 0 Å². The number of ether oxygens (including phenoxy) is 1. The van der Waals surface area contributed by atoms with Crippen LogP contribution in [-0.4, -0.2) is 28.2 Å². The van der Waals surface area contributed by atoms with E-state index in [1.165, 1.54) is 11.8 Å². The maximum Gasteiger partial charge on any atom is 0.338 e. The van der Waals surface area contributed by atoms with Gasteiger partial charge < -0.3 is 14.6 Å². The molecule has 2 heterocycles. The first-order valence-corrected chi connectivity index (χ1v) is 12.0. The Morgan fingerprint density at radius 2 is 1.85 bits per heavy atom. The SMILES string of the molecule is CCOC(=O)c1ccc(-n2c(C)cc(C=C3SC(=Nc4ccc(Br)cc4)NC3=O)c2C)cc1. The standard InChI is InChI=1S/C25H22BrN3O3S/c1-4-32-24(31)17-5-11-21(12-6-17)29-15(2)13-18(16(29)3)14-22-23(30)28-25(33-22)27-20-9-7-19(26)8-10-20/h5-14H,4H2,1-3H3,(H,27,28,30). The lowest BCUT2D eigenvalue weighted by Gasteiger charge is -2.10. The molecule has 168 valence electrons. The Kier molecular flexibility index (Phi) is 6.85. The number of carbonyl (C=O) groups is 2. The Balaban J connectivity index is 1.58. The van der Waals surface area contributed by atoms with E-state index in [0.29, 0.717) is 22.2 Å². The fraction of sp³-hybridized carbons (Fsp3) is 0.160. The molecule has 8 heteroatoms. The molecule has 0 atom stereocenters. The molecule has 1 aromatic heterocycles. The summed E-state index contributed by atoms with van der Waals surface area (Å²) in [6, 6.07) is 16.9. The van der Waals surface area contributed by atoms with Gasteiger partial charge in [0.2, 0.25) is 0 Å². The van der Waals surface area contributed by atoms with Gasteiger partial charge in [0.25, 0.3) is 5.91 Å². The van der Waals surface area contributed by atoms with E-state index in [-0.39, 0.29) is 11.9 Å². The van der Waals surface area contributed by atoms with E-state index < -0.39 is 0 Å². The van der Waals surface area contributed by atoms with Crippen LogP contribution in [0.25, 0.3) is 11.8 Å². The van der Waals surface area contributed by atoms with Crippen molar-refractivity contribution >= 4 is 56.5 Å². The zero-order valence-corrected chi connectivity index (χ0v) is 20.8. The first-order valence-electron chi connectivity index (χ1n) is 10.4. The van der Waals surface area contributed by atoms with E-state index in [2.05, 4.69) is 30.8 Å². The molecule has 1 saturated heterocycles. The average molecular weight is 524 g/mol. The topological polar surface area (TPSA) is 72.7 Å². The molecule has 1 N–H and O–H groups in total. The number of amides is 1. The van der Waals surface area contributed by atoms with Crippen molar-refractivity contribution in [3.63, 3.8) is 0 Å². The second-order valence-electron chi connectivity index (χ2n) is 7.39. The fourth-order valence-corrected chi connectivity index (χ4v) is 4.64. The number of hydrogen-bond donors (Lipinski definition) is 1. The molecular weight excluding hydrogens is 502 g/mol. The fourth-order valence-electron chi connectivity index (χ4n) is 3.55. The molecule has 6 nitrogen and oxygen atoms in total. The summed E-state index contributed by atoms with van der Waals surface area (Å²) in [5.74, 6) is -0.500. The minimum atomic E-state index is -0.333. The molecule has 0 bridgehead atoms. The number of aryl methyl sites for hydroxylation is 1. The van der Waals surface area contributed by atoms with E-state index in [1.54, 1.807) is 19.1 Å². The van der Waals surface area contributed by atoms with Gasteiger partial charge in [-0.25, -0.2) is 9.79 Å². The highest BCUT2D eigenvalue weighted by molar-refractivity contribution is 9.10. The van der Waals surface area contributed by atoms with E-state index in [9.17, 15) is 9.59 Å². The minimum Gasteiger partial charge on any atom is -0.462 e. The molecule has 33 heavy (non-hydrogen) atoms. The Bertz CT molecular complexity index is 1280. The van der Waals surface area contributed by atoms with Gasteiger partial charge in [0.15, 0.2) is 5.17 Å². The number of nitrogens with one attached hydrogen (secondary N) is 1. The van der Waals surface area contributed by atoms with Gasteiger partial charge in [0.1, 0.15) is 0 Å². The zero-order chi connectivity index (χ0) is 23.5. The van der Waals surface area contributed by atoms with E-state index in [1.807, 2.05) is 62.4 Å². The van der Waals surface area contributed by atoms with Gasteiger partial charge in [0.05, 0.1) is 22.8 Å². The lowest BCUT2D eigenvalue weighted by Crippen LogP contribution is -2.19. The Morgan fingerprint density at radius 1 is 1.15 bits per heavy atom. The van der Waals surface area contributed by atoms with Crippen molar-refractivity contribution in [2.75, 3.05) is 6.61 Å². The van der Waals surface area contributed by atoms with Gasteiger partial charge in [-0.3, -0.25) is 4.79 Å². The second kappa shape index (κ2) is 9.80. The molecule has 3 aromatic rings. The maximum absolute atomic E-state index is 12.5. The predicted octanol–water partition coefficient (Wildman–Crippen LogP) is 5.92. The van der Waals surface area contributed by atoms with Crippen LogP contribution in [0.1, 0.15) is 34.2 Å². The first-order chi connectivity index (χ1) is 15.9. The van der Waals surface area contributed by atoms with Crippen LogP contribution in [0.4, 0.5) is 5.69 Å². The highest BCUT2D eigenvalue weighted by Crippen LogP contribution is 2.31. The molecule has 0 aliphatic carbocycles. The number of esters is 1. The van der Waals surface area contributed by atoms with Crippen LogP contribution in [0.2, 0.25) is 0 Å². The van der Waals surface area contributed by atoms with Crippen molar-refractivity contribution in [3.05, 3.63) is 86.5 Å². The third kappa shape index (κ3) is 5.12. The van der Waals surface area contributed by atoms with Gasteiger partial charge in [-0.05, 0) is 98.8 Å². The molecule has 1 aliphatic rings. The quantitative estimate of drug-likeness (QED) is 0.332. The maximum atomic E-state index is 12.5. The summed E-state index contributed by atoms with van der Waals surface area (Å²) in [6.07, 6.45) is 1.88. The molecule has 0 radical (unpaired) electrons. The van der Waals surface area contributed by atoms with Gasteiger partial charge >= 0.3 is 5.97 Å². The third-order valence-electron chi connectivity index (χ3n) is 5.10. The number of carbonyl (C=O) groups excluding carboxylic acids is 2. The summed E-state index contributed by atoms with van der Waals surface area (Å²) in [4.78, 5) is 29.5. The number of amidine groups is 1. The van der Waals surface area contributed by atoms with Crippen LogP contribution < -0.4 is 5.32 Å². The van der Waals surface area contributed by atoms with Crippen LogP contribution >= 0.6 is 27.7 Å². The third-order valence-corrected chi connectivity index (χ3v) is 6.54. The van der Waals surface area contributed by atoms with Crippen LogP contribution in [0.3, 0.4) is 0 Å². The van der Waals surface area contributed by atoms with Crippen molar-refractivity contribution in [3.8, 4) is 5.69 Å². The molecule has 1 fully saturated rings. The number of nitrogens with zero attached hydrogens (tertiary/aromatic N) is 2. The monoisotopic (exact) mass is 523 g/mol. The van der Waals surface area contributed by atoms with Crippen molar-refractivity contribution < 1.29 is 14.3 Å². The van der Waals surface area contributed by atoms with Gasteiger partial charge in [0, 0.05) is 21.5 Å². The Hall–Kier alpha value is -3.10. The Labute approximate surface area is 204 Å². The largest absolute Gasteiger partial charge is 0.462 e. The molecular formula is C25H22BrN3O3S. The van der Waals surface area contributed by atoms with Crippen LogP contribution in [0.5, 0.6) is 0 Å². The van der Waals surface area contributed by atoms with E-state index in [0.717, 1.165) is 32.8 Å².